The number of ketones is 1. The largest absolute Gasteiger partial charge is 0.506 e. The first-order valence-corrected chi connectivity index (χ1v) is 7.67. The molecule has 21 heavy (non-hydrogen) atoms. The monoisotopic (exact) mass is 364 g/mol. The van der Waals surface area contributed by atoms with Crippen LogP contribution in [-0.2, 0) is 17.6 Å². The van der Waals surface area contributed by atoms with Crippen LogP contribution < -0.4 is 0 Å². The Morgan fingerprint density at radius 2 is 1.95 bits per heavy atom. The summed E-state index contributed by atoms with van der Waals surface area (Å²) in [4.78, 5) is 10.9. The van der Waals surface area contributed by atoms with Gasteiger partial charge in [-0.15, -0.1) is 0 Å². The van der Waals surface area contributed by atoms with Gasteiger partial charge in [0.1, 0.15) is 5.75 Å². The van der Waals surface area contributed by atoms with Gasteiger partial charge in [-0.25, -0.2) is 0 Å². The second-order valence-corrected chi connectivity index (χ2v) is 6.29. The molecule has 2 nitrogen and oxygen atoms in total. The predicted molar refractivity (Wildman–Crippen MR) is 76.2 cm³/mol. The van der Waals surface area contributed by atoms with Crippen molar-refractivity contribution in [2.45, 2.75) is 44.7 Å². The van der Waals surface area contributed by atoms with Crippen LogP contribution in [0.2, 0.25) is 0 Å². The predicted octanol–water partition coefficient (Wildman–Crippen LogP) is 4.56. The zero-order valence-electron chi connectivity index (χ0n) is 11.3. The number of benzene rings is 1. The molecule has 1 N–H and O–H groups in total. The number of hydrogen-bond donors (Lipinski definition) is 1. The van der Waals surface area contributed by atoms with Gasteiger partial charge in [-0.05, 0) is 71.1 Å². The van der Waals surface area contributed by atoms with Crippen molar-refractivity contribution in [3.63, 3.8) is 0 Å². The third-order valence-corrected chi connectivity index (χ3v) is 4.69. The van der Waals surface area contributed by atoms with E-state index in [2.05, 4.69) is 15.9 Å². The highest BCUT2D eigenvalue weighted by Gasteiger charge is 2.37. The third-order valence-electron chi connectivity index (χ3n) is 4.05. The highest BCUT2D eigenvalue weighted by molar-refractivity contribution is 9.10. The van der Waals surface area contributed by atoms with E-state index < -0.39 is 18.4 Å². The standard InChI is InChI=1S/C15H16BrF3O2/c16-12-7-5-10-4-1-9(2-6-11(10)14(12)21)3-8-13(20)15(17,18)19/h5,7,9,21H,1-4,6,8H2. The van der Waals surface area contributed by atoms with Crippen LogP contribution in [0.1, 0.15) is 36.8 Å². The summed E-state index contributed by atoms with van der Waals surface area (Å²) in [5, 5.41) is 10.0. The van der Waals surface area contributed by atoms with E-state index in [0.717, 1.165) is 24.0 Å². The van der Waals surface area contributed by atoms with E-state index >= 15 is 0 Å². The van der Waals surface area contributed by atoms with Crippen molar-refractivity contribution in [1.29, 1.82) is 0 Å². The van der Waals surface area contributed by atoms with E-state index in [0.29, 0.717) is 17.3 Å². The number of aromatic hydroxyl groups is 1. The number of carbonyl (C=O) groups excluding carboxylic acids is 1. The topological polar surface area (TPSA) is 37.3 Å². The zero-order valence-corrected chi connectivity index (χ0v) is 12.9. The summed E-state index contributed by atoms with van der Waals surface area (Å²) in [6.45, 7) is 0. The SMILES string of the molecule is O=C(CCC1CCc2ccc(Br)c(O)c2CC1)C(F)(F)F. The Morgan fingerprint density at radius 1 is 1.29 bits per heavy atom. The van der Waals surface area contributed by atoms with Gasteiger partial charge in [0.05, 0.1) is 4.47 Å². The molecular weight excluding hydrogens is 349 g/mol. The minimum Gasteiger partial charge on any atom is -0.506 e. The number of carbonyl (C=O) groups is 1. The fourth-order valence-corrected chi connectivity index (χ4v) is 3.15. The number of rotatable bonds is 3. The van der Waals surface area contributed by atoms with E-state index in [1.165, 1.54) is 0 Å². The normalized spacial score (nSPS) is 19.0. The number of phenolic OH excluding ortho intramolecular Hbond substituents is 1. The van der Waals surface area contributed by atoms with Crippen LogP contribution in [0.25, 0.3) is 0 Å². The molecule has 1 unspecified atom stereocenters. The molecule has 0 heterocycles. The van der Waals surface area contributed by atoms with Gasteiger partial charge in [0.15, 0.2) is 0 Å². The number of alkyl halides is 3. The van der Waals surface area contributed by atoms with Crippen LogP contribution in [0.15, 0.2) is 16.6 Å². The summed E-state index contributed by atoms with van der Waals surface area (Å²) < 4.78 is 37.3. The lowest BCUT2D eigenvalue weighted by Gasteiger charge is -2.13. The fourth-order valence-electron chi connectivity index (χ4n) is 2.78. The molecule has 1 aliphatic rings. The molecule has 0 spiro atoms. The highest BCUT2D eigenvalue weighted by Crippen LogP contribution is 2.36. The molecule has 1 aromatic rings. The zero-order chi connectivity index (χ0) is 15.6. The van der Waals surface area contributed by atoms with E-state index in [1.54, 1.807) is 6.07 Å². The summed E-state index contributed by atoms with van der Waals surface area (Å²) in [6, 6.07) is 3.71. The second kappa shape index (κ2) is 6.38. The number of halogens is 4. The molecule has 6 heteroatoms. The summed E-state index contributed by atoms with van der Waals surface area (Å²) >= 11 is 3.27. The van der Waals surface area contributed by atoms with Crippen molar-refractivity contribution in [2.75, 3.05) is 0 Å². The lowest BCUT2D eigenvalue weighted by molar-refractivity contribution is -0.171. The Balaban J connectivity index is 1.97. The van der Waals surface area contributed by atoms with Gasteiger partial charge in [-0.2, -0.15) is 13.2 Å². The number of hydrogen-bond acceptors (Lipinski definition) is 2. The van der Waals surface area contributed by atoms with Crippen molar-refractivity contribution in [1.82, 2.24) is 0 Å². The summed E-state index contributed by atoms with van der Waals surface area (Å²) in [6.07, 6.45) is -2.11. The van der Waals surface area contributed by atoms with Gasteiger partial charge >= 0.3 is 6.18 Å². The van der Waals surface area contributed by atoms with Crippen LogP contribution >= 0.6 is 15.9 Å². The van der Waals surface area contributed by atoms with Crippen molar-refractivity contribution in [3.05, 3.63) is 27.7 Å². The van der Waals surface area contributed by atoms with E-state index in [-0.39, 0.29) is 18.1 Å². The molecule has 2 rings (SSSR count). The van der Waals surface area contributed by atoms with Crippen molar-refractivity contribution < 1.29 is 23.1 Å². The number of fused-ring (bicyclic) bond motifs is 1. The van der Waals surface area contributed by atoms with Crippen LogP contribution in [0.3, 0.4) is 0 Å². The summed E-state index contributed by atoms with van der Waals surface area (Å²) in [5.41, 5.74) is 1.91. The Morgan fingerprint density at radius 3 is 2.62 bits per heavy atom. The van der Waals surface area contributed by atoms with Crippen LogP contribution in [0.4, 0.5) is 13.2 Å². The first-order chi connectivity index (χ1) is 9.79. The smallest absolute Gasteiger partial charge is 0.449 e. The van der Waals surface area contributed by atoms with Crippen LogP contribution in [0, 0.1) is 5.92 Å². The van der Waals surface area contributed by atoms with E-state index in [9.17, 15) is 23.1 Å². The molecule has 0 radical (unpaired) electrons. The molecule has 1 aliphatic carbocycles. The van der Waals surface area contributed by atoms with E-state index in [4.69, 9.17) is 0 Å². The molecule has 1 aromatic carbocycles. The molecule has 0 aromatic heterocycles. The van der Waals surface area contributed by atoms with Gasteiger partial charge in [0, 0.05) is 6.42 Å². The van der Waals surface area contributed by atoms with E-state index in [1.807, 2.05) is 6.07 Å². The van der Waals surface area contributed by atoms with Crippen molar-refractivity contribution in [3.8, 4) is 5.75 Å². The molecular formula is C15H16BrF3O2. The second-order valence-electron chi connectivity index (χ2n) is 5.44. The molecule has 0 fully saturated rings. The number of aryl methyl sites for hydroxylation is 1. The van der Waals surface area contributed by atoms with Crippen LogP contribution in [0.5, 0.6) is 5.75 Å². The molecule has 0 amide bonds. The van der Waals surface area contributed by atoms with Gasteiger partial charge < -0.3 is 5.11 Å². The number of Topliss-reactive ketones (excluding diaryl/α,β-unsaturated/α-hetero) is 1. The molecule has 1 atom stereocenters. The minimum atomic E-state index is -4.73. The highest BCUT2D eigenvalue weighted by atomic mass is 79.9. The fraction of sp³-hybridized carbons (Fsp3) is 0.533. The lowest BCUT2D eigenvalue weighted by Crippen LogP contribution is -2.23. The molecule has 116 valence electrons. The van der Waals surface area contributed by atoms with Gasteiger partial charge in [0.25, 0.3) is 0 Å². The third kappa shape index (κ3) is 3.99. The average Bonchev–Trinajstić information content (AvgIpc) is 2.62. The maximum Gasteiger partial charge on any atom is 0.449 e. The Hall–Kier alpha value is -1.04. The van der Waals surface area contributed by atoms with Gasteiger partial charge in [-0.1, -0.05) is 6.07 Å². The minimum absolute atomic E-state index is 0.0851. The lowest BCUT2D eigenvalue weighted by atomic mass is 9.93. The van der Waals surface area contributed by atoms with Crippen molar-refractivity contribution in [2.24, 2.45) is 5.92 Å². The van der Waals surface area contributed by atoms with Gasteiger partial charge in [-0.3, -0.25) is 4.79 Å². The molecule has 0 saturated carbocycles. The number of phenols is 1. The maximum atomic E-state index is 12.2. The van der Waals surface area contributed by atoms with Crippen molar-refractivity contribution >= 4 is 21.7 Å². The summed E-state index contributed by atoms with van der Waals surface area (Å²) in [7, 11) is 0. The van der Waals surface area contributed by atoms with Gasteiger partial charge in [0.2, 0.25) is 5.78 Å². The Bertz CT molecular complexity index is 540. The first-order valence-electron chi connectivity index (χ1n) is 6.88. The Kier molecular flexibility index (Phi) is 4.96. The summed E-state index contributed by atoms with van der Waals surface area (Å²) in [5.74, 6) is -1.34. The van der Waals surface area contributed by atoms with Crippen LogP contribution in [-0.4, -0.2) is 17.1 Å². The molecule has 0 bridgehead atoms. The Labute approximate surface area is 129 Å². The first kappa shape index (κ1) is 16.3. The quantitative estimate of drug-likeness (QED) is 0.798. The molecule has 0 saturated heterocycles. The maximum absolute atomic E-state index is 12.2. The molecule has 0 aliphatic heterocycles. The average molecular weight is 365 g/mol.